The predicted molar refractivity (Wildman–Crippen MR) is 66.8 cm³/mol. The molecule has 2 heteroatoms. The van der Waals surface area contributed by atoms with Crippen LogP contribution in [0.15, 0.2) is 24.3 Å². The summed E-state index contributed by atoms with van der Waals surface area (Å²) >= 11 is 0. The van der Waals surface area contributed by atoms with Gasteiger partial charge in [0.25, 0.3) is 0 Å². The van der Waals surface area contributed by atoms with Gasteiger partial charge in [-0.2, -0.15) is 0 Å². The molecular formula is C14H22FN. The highest BCUT2D eigenvalue weighted by atomic mass is 19.1. The van der Waals surface area contributed by atoms with Gasteiger partial charge >= 0.3 is 0 Å². The van der Waals surface area contributed by atoms with Crippen molar-refractivity contribution in [2.75, 3.05) is 0 Å². The second kappa shape index (κ2) is 6.64. The molecule has 1 nitrogen and oxygen atoms in total. The van der Waals surface area contributed by atoms with E-state index in [2.05, 4.69) is 26.1 Å². The third-order valence-electron chi connectivity index (χ3n) is 2.72. The molecule has 0 fully saturated rings. The summed E-state index contributed by atoms with van der Waals surface area (Å²) in [6, 6.07) is 7.26. The van der Waals surface area contributed by atoms with E-state index in [9.17, 15) is 4.39 Å². The fourth-order valence-corrected chi connectivity index (χ4v) is 1.62. The third kappa shape index (κ3) is 5.26. The molecule has 0 spiro atoms. The van der Waals surface area contributed by atoms with Crippen molar-refractivity contribution in [1.82, 2.24) is 5.32 Å². The van der Waals surface area contributed by atoms with Crippen molar-refractivity contribution >= 4 is 0 Å². The van der Waals surface area contributed by atoms with Gasteiger partial charge in [-0.25, -0.2) is 4.39 Å². The normalized spacial score (nSPS) is 13.1. The van der Waals surface area contributed by atoms with Gasteiger partial charge in [0.2, 0.25) is 0 Å². The van der Waals surface area contributed by atoms with Gasteiger partial charge in [0, 0.05) is 12.6 Å². The zero-order valence-corrected chi connectivity index (χ0v) is 10.5. The molecule has 0 heterocycles. The van der Waals surface area contributed by atoms with E-state index in [0.29, 0.717) is 6.04 Å². The fourth-order valence-electron chi connectivity index (χ4n) is 1.62. The minimum absolute atomic E-state index is 0.158. The molecule has 1 aromatic rings. The first-order valence-electron chi connectivity index (χ1n) is 6.05. The standard InChI is InChI=1S/C14H22FN/c1-11(2)7-8-12(3)16-10-13-5-4-6-14(15)9-13/h4-6,9,11-12,16H,7-8,10H2,1-3H3. The topological polar surface area (TPSA) is 12.0 Å². The molecule has 1 N–H and O–H groups in total. The van der Waals surface area contributed by atoms with E-state index in [1.54, 1.807) is 12.1 Å². The maximum atomic E-state index is 12.9. The lowest BCUT2D eigenvalue weighted by Crippen LogP contribution is -2.25. The summed E-state index contributed by atoms with van der Waals surface area (Å²) in [7, 11) is 0. The minimum atomic E-state index is -0.158. The molecule has 0 amide bonds. The monoisotopic (exact) mass is 223 g/mol. The van der Waals surface area contributed by atoms with Crippen LogP contribution in [0.4, 0.5) is 4.39 Å². The Hall–Kier alpha value is -0.890. The van der Waals surface area contributed by atoms with E-state index in [4.69, 9.17) is 0 Å². The highest BCUT2D eigenvalue weighted by molar-refractivity contribution is 5.15. The first kappa shape index (κ1) is 13.2. The van der Waals surface area contributed by atoms with Crippen molar-refractivity contribution in [3.63, 3.8) is 0 Å². The lowest BCUT2D eigenvalue weighted by atomic mass is 10.0. The molecule has 1 aromatic carbocycles. The van der Waals surface area contributed by atoms with E-state index in [0.717, 1.165) is 18.0 Å². The van der Waals surface area contributed by atoms with Gasteiger partial charge < -0.3 is 5.32 Å². The van der Waals surface area contributed by atoms with E-state index in [1.807, 2.05) is 6.07 Å². The number of benzene rings is 1. The Morgan fingerprint density at radius 1 is 1.19 bits per heavy atom. The van der Waals surface area contributed by atoms with Crippen LogP contribution in [0, 0.1) is 11.7 Å². The van der Waals surface area contributed by atoms with Gasteiger partial charge in [0.05, 0.1) is 0 Å². The molecule has 90 valence electrons. The number of nitrogens with one attached hydrogen (secondary N) is 1. The summed E-state index contributed by atoms with van der Waals surface area (Å²) in [6.45, 7) is 7.40. The number of hydrogen-bond acceptors (Lipinski definition) is 1. The van der Waals surface area contributed by atoms with E-state index < -0.39 is 0 Å². The van der Waals surface area contributed by atoms with Crippen LogP contribution < -0.4 is 5.32 Å². The highest BCUT2D eigenvalue weighted by Gasteiger charge is 2.03. The van der Waals surface area contributed by atoms with Crippen molar-refractivity contribution in [1.29, 1.82) is 0 Å². The van der Waals surface area contributed by atoms with Crippen molar-refractivity contribution in [3.8, 4) is 0 Å². The van der Waals surface area contributed by atoms with Crippen LogP contribution in [-0.4, -0.2) is 6.04 Å². The Bertz CT molecular complexity index is 309. The molecule has 1 atom stereocenters. The molecule has 0 saturated heterocycles. The average molecular weight is 223 g/mol. The van der Waals surface area contributed by atoms with Gasteiger partial charge in [-0.05, 0) is 43.4 Å². The zero-order chi connectivity index (χ0) is 12.0. The first-order chi connectivity index (χ1) is 7.58. The van der Waals surface area contributed by atoms with Crippen LogP contribution in [0.5, 0.6) is 0 Å². The second-order valence-corrected chi connectivity index (χ2v) is 4.88. The molecule has 0 radical (unpaired) electrons. The summed E-state index contributed by atoms with van der Waals surface area (Å²) in [5.74, 6) is 0.590. The lowest BCUT2D eigenvalue weighted by molar-refractivity contribution is 0.450. The summed E-state index contributed by atoms with van der Waals surface area (Å²) < 4.78 is 12.9. The minimum Gasteiger partial charge on any atom is -0.310 e. The van der Waals surface area contributed by atoms with E-state index >= 15 is 0 Å². The average Bonchev–Trinajstić information content (AvgIpc) is 2.23. The molecule has 0 saturated carbocycles. The summed E-state index contributed by atoms with van der Waals surface area (Å²) in [5, 5.41) is 3.41. The Balaban J connectivity index is 2.28. The molecule has 1 rings (SSSR count). The smallest absolute Gasteiger partial charge is 0.123 e. The van der Waals surface area contributed by atoms with Crippen LogP contribution >= 0.6 is 0 Å². The van der Waals surface area contributed by atoms with Gasteiger partial charge in [-0.3, -0.25) is 0 Å². The predicted octanol–water partition coefficient (Wildman–Crippen LogP) is 3.74. The van der Waals surface area contributed by atoms with Crippen molar-refractivity contribution in [3.05, 3.63) is 35.6 Å². The molecule has 16 heavy (non-hydrogen) atoms. The molecule has 0 aliphatic carbocycles. The van der Waals surface area contributed by atoms with Crippen LogP contribution in [-0.2, 0) is 6.54 Å². The van der Waals surface area contributed by atoms with Crippen LogP contribution in [0.1, 0.15) is 39.2 Å². The van der Waals surface area contributed by atoms with Gasteiger partial charge in [-0.1, -0.05) is 26.0 Å². The number of halogens is 1. The quantitative estimate of drug-likeness (QED) is 0.774. The van der Waals surface area contributed by atoms with Crippen LogP contribution in [0.3, 0.4) is 0 Å². The van der Waals surface area contributed by atoms with Crippen molar-refractivity contribution < 1.29 is 4.39 Å². The summed E-state index contributed by atoms with van der Waals surface area (Å²) in [6.07, 6.45) is 2.41. The molecule has 0 aliphatic rings. The summed E-state index contributed by atoms with van der Waals surface area (Å²) in [4.78, 5) is 0. The third-order valence-corrected chi connectivity index (χ3v) is 2.72. The SMILES string of the molecule is CC(C)CCC(C)NCc1cccc(F)c1. The van der Waals surface area contributed by atoms with Crippen LogP contribution in [0.25, 0.3) is 0 Å². The Morgan fingerprint density at radius 2 is 1.94 bits per heavy atom. The highest BCUT2D eigenvalue weighted by Crippen LogP contribution is 2.08. The number of hydrogen-bond donors (Lipinski definition) is 1. The largest absolute Gasteiger partial charge is 0.310 e. The Kier molecular flexibility index (Phi) is 5.47. The first-order valence-corrected chi connectivity index (χ1v) is 6.05. The van der Waals surface area contributed by atoms with Gasteiger partial charge in [0.15, 0.2) is 0 Å². The number of rotatable bonds is 6. The molecule has 0 aromatic heterocycles. The second-order valence-electron chi connectivity index (χ2n) is 4.88. The molecule has 0 aliphatic heterocycles. The Labute approximate surface area is 98.1 Å². The Morgan fingerprint density at radius 3 is 2.56 bits per heavy atom. The van der Waals surface area contributed by atoms with Crippen molar-refractivity contribution in [2.45, 2.75) is 46.2 Å². The zero-order valence-electron chi connectivity index (χ0n) is 10.5. The van der Waals surface area contributed by atoms with Gasteiger partial charge in [-0.15, -0.1) is 0 Å². The van der Waals surface area contributed by atoms with E-state index in [-0.39, 0.29) is 5.82 Å². The van der Waals surface area contributed by atoms with Crippen LogP contribution in [0.2, 0.25) is 0 Å². The van der Waals surface area contributed by atoms with Gasteiger partial charge in [0.1, 0.15) is 5.82 Å². The molecular weight excluding hydrogens is 201 g/mol. The summed E-state index contributed by atoms with van der Waals surface area (Å²) in [5.41, 5.74) is 1.01. The van der Waals surface area contributed by atoms with Crippen molar-refractivity contribution in [2.24, 2.45) is 5.92 Å². The fraction of sp³-hybridized carbons (Fsp3) is 0.571. The molecule has 0 bridgehead atoms. The lowest BCUT2D eigenvalue weighted by Gasteiger charge is -2.15. The maximum absolute atomic E-state index is 12.9. The molecule has 1 unspecified atom stereocenters. The van der Waals surface area contributed by atoms with E-state index in [1.165, 1.54) is 18.9 Å². The maximum Gasteiger partial charge on any atom is 0.123 e.